The summed E-state index contributed by atoms with van der Waals surface area (Å²) in [5.74, 6) is 0. The third-order valence-electron chi connectivity index (χ3n) is 2.97. The van der Waals surface area contributed by atoms with E-state index in [2.05, 4.69) is 25.6 Å². The van der Waals surface area contributed by atoms with Gasteiger partial charge < -0.3 is 10.6 Å². The third-order valence-corrected chi connectivity index (χ3v) is 5.06. The highest BCUT2D eigenvalue weighted by molar-refractivity contribution is 9.10. The predicted molar refractivity (Wildman–Crippen MR) is 74.8 cm³/mol. The highest BCUT2D eigenvalue weighted by Crippen LogP contribution is 2.23. The molecule has 1 saturated heterocycles. The monoisotopic (exact) mass is 333 g/mol. The van der Waals surface area contributed by atoms with Crippen molar-refractivity contribution < 1.29 is 8.42 Å². The molecule has 3 N–H and O–H groups in total. The molecule has 1 aromatic carbocycles. The van der Waals surface area contributed by atoms with Crippen LogP contribution in [0.2, 0.25) is 0 Å². The molecule has 1 heterocycles. The largest absolute Gasteiger partial charge is 0.398 e. The third kappa shape index (κ3) is 3.03. The number of anilines is 1. The van der Waals surface area contributed by atoms with Gasteiger partial charge in [0.2, 0.25) is 10.0 Å². The van der Waals surface area contributed by atoms with Crippen molar-refractivity contribution >= 4 is 31.6 Å². The molecule has 0 aliphatic carbocycles. The lowest BCUT2D eigenvalue weighted by atomic mass is 10.3. The lowest BCUT2D eigenvalue weighted by Gasteiger charge is -2.14. The number of nitrogens with two attached hydrogens (primary N) is 1. The van der Waals surface area contributed by atoms with Crippen LogP contribution in [0.15, 0.2) is 27.6 Å². The van der Waals surface area contributed by atoms with Crippen molar-refractivity contribution in [1.29, 1.82) is 0 Å². The second-order valence-corrected chi connectivity index (χ2v) is 7.15. The highest BCUT2D eigenvalue weighted by atomic mass is 79.9. The quantitative estimate of drug-likeness (QED) is 0.809. The van der Waals surface area contributed by atoms with E-state index in [1.54, 1.807) is 12.1 Å². The van der Waals surface area contributed by atoms with Gasteiger partial charge in [-0.05, 0) is 38.2 Å². The van der Waals surface area contributed by atoms with Crippen molar-refractivity contribution in [1.82, 2.24) is 9.62 Å². The molecule has 2 rings (SSSR count). The minimum Gasteiger partial charge on any atom is -0.398 e. The maximum Gasteiger partial charge on any atom is 0.242 e. The standard InChI is InChI=1S/C11H16BrN3O2S/c1-15-5-4-9(7-15)14-18(16,17)11-3-2-8(12)6-10(11)13/h2-3,6,9,14H,4-5,7,13H2,1H3. The first-order valence-corrected chi connectivity index (χ1v) is 7.92. The first-order valence-electron chi connectivity index (χ1n) is 5.64. The van der Waals surface area contributed by atoms with Gasteiger partial charge in [-0.1, -0.05) is 15.9 Å². The number of nitrogen functional groups attached to an aromatic ring is 1. The fourth-order valence-corrected chi connectivity index (χ4v) is 3.83. The second kappa shape index (κ2) is 5.16. The molecular formula is C11H16BrN3O2S. The van der Waals surface area contributed by atoms with Crippen LogP contribution >= 0.6 is 15.9 Å². The van der Waals surface area contributed by atoms with Crippen molar-refractivity contribution in [2.24, 2.45) is 0 Å². The van der Waals surface area contributed by atoms with Gasteiger partial charge in [0.15, 0.2) is 0 Å². The molecule has 0 radical (unpaired) electrons. The molecule has 1 aliphatic heterocycles. The number of benzene rings is 1. The fourth-order valence-electron chi connectivity index (χ4n) is 2.08. The van der Waals surface area contributed by atoms with E-state index < -0.39 is 10.0 Å². The predicted octanol–water partition coefficient (Wildman–Crippen LogP) is 1.01. The van der Waals surface area contributed by atoms with Gasteiger partial charge in [-0.15, -0.1) is 0 Å². The van der Waals surface area contributed by atoms with Crippen LogP contribution in [0.5, 0.6) is 0 Å². The Bertz CT molecular complexity index is 547. The molecular weight excluding hydrogens is 318 g/mol. The van der Waals surface area contributed by atoms with Gasteiger partial charge in [0.05, 0.1) is 5.69 Å². The Labute approximate surface area is 116 Å². The molecule has 1 aromatic rings. The zero-order chi connectivity index (χ0) is 13.3. The summed E-state index contributed by atoms with van der Waals surface area (Å²) in [6, 6.07) is 4.74. The number of hydrogen-bond donors (Lipinski definition) is 2. The summed E-state index contributed by atoms with van der Waals surface area (Å²) in [4.78, 5) is 2.23. The molecule has 1 fully saturated rings. The molecule has 100 valence electrons. The number of rotatable bonds is 3. The summed E-state index contributed by atoms with van der Waals surface area (Å²) >= 11 is 3.26. The molecule has 1 unspecified atom stereocenters. The lowest BCUT2D eigenvalue weighted by molar-refractivity contribution is 0.407. The van der Waals surface area contributed by atoms with Gasteiger partial charge in [-0.25, -0.2) is 13.1 Å². The first-order chi connectivity index (χ1) is 8.38. The molecule has 7 heteroatoms. The van der Waals surface area contributed by atoms with E-state index in [1.165, 1.54) is 6.07 Å². The van der Waals surface area contributed by atoms with Gasteiger partial charge in [-0.2, -0.15) is 0 Å². The molecule has 18 heavy (non-hydrogen) atoms. The van der Waals surface area contributed by atoms with E-state index in [1.807, 2.05) is 7.05 Å². The van der Waals surface area contributed by atoms with Crippen molar-refractivity contribution in [2.45, 2.75) is 17.4 Å². The number of hydrogen-bond acceptors (Lipinski definition) is 4. The molecule has 1 atom stereocenters. The number of likely N-dealkylation sites (N-methyl/N-ethyl adjacent to an activating group) is 1. The average Bonchev–Trinajstić information content (AvgIpc) is 2.62. The van der Waals surface area contributed by atoms with E-state index in [0.717, 1.165) is 24.0 Å². The zero-order valence-electron chi connectivity index (χ0n) is 10.1. The van der Waals surface area contributed by atoms with Crippen molar-refractivity contribution in [3.8, 4) is 0 Å². The Morgan fingerprint density at radius 1 is 1.50 bits per heavy atom. The average molecular weight is 334 g/mol. The summed E-state index contributed by atoms with van der Waals surface area (Å²) in [6.07, 6.45) is 0.826. The fraction of sp³-hybridized carbons (Fsp3) is 0.455. The minimum absolute atomic E-state index is 0.0388. The topological polar surface area (TPSA) is 75.4 Å². The number of halogens is 1. The van der Waals surface area contributed by atoms with Crippen LogP contribution in [0.3, 0.4) is 0 Å². The Balaban J connectivity index is 2.20. The number of likely N-dealkylation sites (tertiary alicyclic amines) is 1. The van der Waals surface area contributed by atoms with E-state index in [0.29, 0.717) is 0 Å². The Morgan fingerprint density at radius 3 is 2.78 bits per heavy atom. The Kier molecular flexibility index (Phi) is 3.96. The molecule has 0 aromatic heterocycles. The molecule has 1 aliphatic rings. The van der Waals surface area contributed by atoms with Gasteiger partial charge in [0, 0.05) is 17.1 Å². The van der Waals surface area contributed by atoms with Gasteiger partial charge >= 0.3 is 0 Å². The van der Waals surface area contributed by atoms with Crippen LogP contribution in [0.25, 0.3) is 0 Å². The number of nitrogens with one attached hydrogen (secondary N) is 1. The molecule has 5 nitrogen and oxygen atoms in total. The van der Waals surface area contributed by atoms with Crippen LogP contribution in [0, 0.1) is 0 Å². The molecule has 0 bridgehead atoms. The smallest absolute Gasteiger partial charge is 0.242 e. The van der Waals surface area contributed by atoms with E-state index in [-0.39, 0.29) is 16.6 Å². The second-order valence-electron chi connectivity index (χ2n) is 4.55. The normalized spacial score (nSPS) is 21.3. The number of nitrogens with zero attached hydrogens (tertiary/aromatic N) is 1. The van der Waals surface area contributed by atoms with E-state index in [4.69, 9.17) is 5.73 Å². The molecule has 0 amide bonds. The van der Waals surface area contributed by atoms with Crippen LogP contribution < -0.4 is 10.5 Å². The minimum atomic E-state index is -3.54. The van der Waals surface area contributed by atoms with Gasteiger partial charge in [0.25, 0.3) is 0 Å². The van der Waals surface area contributed by atoms with Crippen LogP contribution in [0.1, 0.15) is 6.42 Å². The van der Waals surface area contributed by atoms with E-state index in [9.17, 15) is 8.42 Å². The number of sulfonamides is 1. The summed E-state index contributed by atoms with van der Waals surface area (Å²) in [5.41, 5.74) is 6.00. The molecule has 0 spiro atoms. The van der Waals surface area contributed by atoms with Crippen LogP contribution in [-0.4, -0.2) is 39.5 Å². The summed E-state index contributed by atoms with van der Waals surface area (Å²) in [5, 5.41) is 0. The summed E-state index contributed by atoms with van der Waals surface area (Å²) < 4.78 is 27.9. The van der Waals surface area contributed by atoms with Crippen molar-refractivity contribution in [3.63, 3.8) is 0 Å². The van der Waals surface area contributed by atoms with Gasteiger partial charge in [0.1, 0.15) is 4.90 Å². The maximum absolute atomic E-state index is 12.2. The van der Waals surface area contributed by atoms with Crippen LogP contribution in [-0.2, 0) is 10.0 Å². The maximum atomic E-state index is 12.2. The zero-order valence-corrected chi connectivity index (χ0v) is 12.5. The van der Waals surface area contributed by atoms with Crippen molar-refractivity contribution in [3.05, 3.63) is 22.7 Å². The summed E-state index contributed by atoms with van der Waals surface area (Å²) in [6.45, 7) is 1.64. The van der Waals surface area contributed by atoms with Crippen molar-refractivity contribution in [2.75, 3.05) is 25.9 Å². The van der Waals surface area contributed by atoms with Gasteiger partial charge in [-0.3, -0.25) is 0 Å². The van der Waals surface area contributed by atoms with E-state index >= 15 is 0 Å². The Hall–Kier alpha value is -0.630. The van der Waals surface area contributed by atoms with Crippen LogP contribution in [0.4, 0.5) is 5.69 Å². The first kappa shape index (κ1) is 13.8. The summed E-state index contributed by atoms with van der Waals surface area (Å²) in [7, 11) is -1.56. The molecule has 0 saturated carbocycles. The SMILES string of the molecule is CN1CCC(NS(=O)(=O)c2ccc(Br)cc2N)C1. The highest BCUT2D eigenvalue weighted by Gasteiger charge is 2.26. The lowest BCUT2D eigenvalue weighted by Crippen LogP contribution is -2.36. The Morgan fingerprint density at radius 2 is 2.22 bits per heavy atom.